The van der Waals surface area contributed by atoms with Crippen molar-refractivity contribution < 1.29 is 17.6 Å². The Hall–Kier alpha value is -1.56. The van der Waals surface area contributed by atoms with Gasteiger partial charge < -0.3 is 5.32 Å². The summed E-state index contributed by atoms with van der Waals surface area (Å²) in [5, 5.41) is 3.02. The first-order valence-electron chi connectivity index (χ1n) is 6.13. The molecule has 6 heteroatoms. The van der Waals surface area contributed by atoms with Crippen molar-refractivity contribution >= 4 is 21.6 Å². The SMILES string of the molecule is Cc1cc(NCc2ccc(F)c(C(F)(F)F)c2)ccc1Br. The molecule has 0 saturated heterocycles. The van der Waals surface area contributed by atoms with E-state index in [-0.39, 0.29) is 6.54 Å². The van der Waals surface area contributed by atoms with E-state index < -0.39 is 17.6 Å². The van der Waals surface area contributed by atoms with Gasteiger partial charge in [-0.25, -0.2) is 4.39 Å². The number of nitrogens with one attached hydrogen (secondary N) is 1. The van der Waals surface area contributed by atoms with Crippen molar-refractivity contribution in [3.05, 3.63) is 63.4 Å². The Morgan fingerprint density at radius 1 is 1.10 bits per heavy atom. The van der Waals surface area contributed by atoms with Gasteiger partial charge in [0, 0.05) is 16.7 Å². The molecule has 0 amide bonds. The molecule has 112 valence electrons. The quantitative estimate of drug-likeness (QED) is 0.709. The number of aryl methyl sites for hydroxylation is 1. The number of rotatable bonds is 3. The molecule has 1 nitrogen and oxygen atoms in total. The van der Waals surface area contributed by atoms with Crippen LogP contribution in [0.4, 0.5) is 23.2 Å². The highest BCUT2D eigenvalue weighted by molar-refractivity contribution is 9.10. The van der Waals surface area contributed by atoms with Gasteiger partial charge in [-0.05, 0) is 48.4 Å². The standard InChI is InChI=1S/C15H12BrF4N/c1-9-6-11(3-4-13(9)16)21-8-10-2-5-14(17)12(7-10)15(18,19)20/h2-7,21H,8H2,1H3. The highest BCUT2D eigenvalue weighted by Crippen LogP contribution is 2.32. The third-order valence-corrected chi connectivity index (χ3v) is 3.88. The van der Waals surface area contributed by atoms with E-state index in [1.54, 1.807) is 0 Å². The monoisotopic (exact) mass is 361 g/mol. The Labute approximate surface area is 128 Å². The fraction of sp³-hybridized carbons (Fsp3) is 0.200. The third kappa shape index (κ3) is 3.97. The van der Waals surface area contributed by atoms with Crippen LogP contribution in [0.5, 0.6) is 0 Å². The molecular formula is C15H12BrF4N. The van der Waals surface area contributed by atoms with Crippen molar-refractivity contribution in [2.75, 3.05) is 5.32 Å². The van der Waals surface area contributed by atoms with Crippen molar-refractivity contribution in [2.45, 2.75) is 19.6 Å². The van der Waals surface area contributed by atoms with Crippen molar-refractivity contribution in [1.82, 2.24) is 0 Å². The smallest absolute Gasteiger partial charge is 0.381 e. The van der Waals surface area contributed by atoms with Crippen molar-refractivity contribution in [3.8, 4) is 0 Å². The molecule has 0 saturated carbocycles. The number of hydrogen-bond acceptors (Lipinski definition) is 1. The van der Waals surface area contributed by atoms with Crippen LogP contribution in [0.25, 0.3) is 0 Å². The highest BCUT2D eigenvalue weighted by atomic mass is 79.9. The average Bonchev–Trinajstić information content (AvgIpc) is 2.40. The maximum atomic E-state index is 13.2. The van der Waals surface area contributed by atoms with Gasteiger partial charge in [0.2, 0.25) is 0 Å². The summed E-state index contributed by atoms with van der Waals surface area (Å²) in [6.07, 6.45) is -4.69. The molecule has 2 aromatic carbocycles. The fourth-order valence-electron chi connectivity index (χ4n) is 1.86. The Bertz CT molecular complexity index is 653. The molecule has 21 heavy (non-hydrogen) atoms. The van der Waals surface area contributed by atoms with Crippen LogP contribution in [-0.2, 0) is 12.7 Å². The molecular weight excluding hydrogens is 350 g/mol. The molecule has 0 radical (unpaired) electrons. The second-order valence-electron chi connectivity index (χ2n) is 4.63. The van der Waals surface area contributed by atoms with E-state index in [0.29, 0.717) is 5.56 Å². The molecule has 0 aliphatic carbocycles. The van der Waals surface area contributed by atoms with Crippen molar-refractivity contribution in [3.63, 3.8) is 0 Å². The van der Waals surface area contributed by atoms with E-state index in [2.05, 4.69) is 21.2 Å². The summed E-state index contributed by atoms with van der Waals surface area (Å²) < 4.78 is 52.0. The molecule has 0 atom stereocenters. The second kappa shape index (κ2) is 6.05. The first-order valence-corrected chi connectivity index (χ1v) is 6.92. The third-order valence-electron chi connectivity index (χ3n) is 2.99. The number of benzene rings is 2. The van der Waals surface area contributed by atoms with Gasteiger partial charge in [0.25, 0.3) is 0 Å². The number of alkyl halides is 3. The molecule has 0 heterocycles. The van der Waals surface area contributed by atoms with Gasteiger partial charge in [0.15, 0.2) is 0 Å². The molecule has 0 unspecified atom stereocenters. The minimum Gasteiger partial charge on any atom is -0.381 e. The van der Waals surface area contributed by atoms with Gasteiger partial charge in [0.1, 0.15) is 5.82 Å². The summed E-state index contributed by atoms with van der Waals surface area (Å²) in [5.41, 5.74) is 0.918. The first kappa shape index (κ1) is 15.8. The van der Waals surface area contributed by atoms with E-state index >= 15 is 0 Å². The van der Waals surface area contributed by atoms with Gasteiger partial charge in [-0.2, -0.15) is 13.2 Å². The Morgan fingerprint density at radius 3 is 2.43 bits per heavy atom. The highest BCUT2D eigenvalue weighted by Gasteiger charge is 2.34. The van der Waals surface area contributed by atoms with Gasteiger partial charge in [-0.15, -0.1) is 0 Å². The topological polar surface area (TPSA) is 12.0 Å². The summed E-state index contributed by atoms with van der Waals surface area (Å²) in [5.74, 6) is -1.26. The largest absolute Gasteiger partial charge is 0.419 e. The Kier molecular flexibility index (Phi) is 4.56. The summed E-state index contributed by atoms with van der Waals surface area (Å²) in [6.45, 7) is 2.10. The number of halogens is 5. The lowest BCUT2D eigenvalue weighted by Gasteiger charge is -2.12. The Balaban J connectivity index is 2.15. The minimum absolute atomic E-state index is 0.185. The minimum atomic E-state index is -4.69. The lowest BCUT2D eigenvalue weighted by Crippen LogP contribution is -2.10. The van der Waals surface area contributed by atoms with Crippen LogP contribution < -0.4 is 5.32 Å². The molecule has 0 bridgehead atoms. The maximum Gasteiger partial charge on any atom is 0.419 e. The second-order valence-corrected chi connectivity index (χ2v) is 5.48. The van der Waals surface area contributed by atoms with E-state index in [1.807, 2.05) is 25.1 Å². The molecule has 0 aromatic heterocycles. The zero-order valence-corrected chi connectivity index (χ0v) is 12.6. The predicted octanol–water partition coefficient (Wildman–Crippen LogP) is 5.53. The Morgan fingerprint density at radius 2 is 1.81 bits per heavy atom. The molecule has 2 aromatic rings. The van der Waals surface area contributed by atoms with Crippen LogP contribution in [-0.4, -0.2) is 0 Å². The summed E-state index contributed by atoms with van der Waals surface area (Å²) in [4.78, 5) is 0. The van der Waals surface area contributed by atoms with Gasteiger partial charge in [-0.1, -0.05) is 22.0 Å². The number of hydrogen-bond donors (Lipinski definition) is 1. The van der Waals surface area contributed by atoms with Crippen LogP contribution in [0.15, 0.2) is 40.9 Å². The van der Waals surface area contributed by atoms with E-state index in [9.17, 15) is 17.6 Å². The van der Waals surface area contributed by atoms with E-state index in [0.717, 1.165) is 27.9 Å². The van der Waals surface area contributed by atoms with E-state index in [1.165, 1.54) is 6.07 Å². The lowest BCUT2D eigenvalue weighted by atomic mass is 10.1. The molecule has 0 aliphatic rings. The molecule has 0 spiro atoms. The van der Waals surface area contributed by atoms with Crippen LogP contribution in [0, 0.1) is 12.7 Å². The fourth-order valence-corrected chi connectivity index (χ4v) is 2.11. The summed E-state index contributed by atoms with van der Waals surface area (Å²) in [6, 6.07) is 8.54. The zero-order valence-electron chi connectivity index (χ0n) is 11.1. The van der Waals surface area contributed by atoms with Crippen LogP contribution in [0.3, 0.4) is 0 Å². The first-order chi connectivity index (χ1) is 9.77. The zero-order chi connectivity index (χ0) is 15.6. The predicted molar refractivity (Wildman–Crippen MR) is 77.6 cm³/mol. The molecule has 0 aliphatic heterocycles. The van der Waals surface area contributed by atoms with Crippen molar-refractivity contribution in [1.29, 1.82) is 0 Å². The van der Waals surface area contributed by atoms with Gasteiger partial charge >= 0.3 is 6.18 Å². The van der Waals surface area contributed by atoms with Crippen LogP contribution >= 0.6 is 15.9 Å². The van der Waals surface area contributed by atoms with Gasteiger partial charge in [-0.3, -0.25) is 0 Å². The molecule has 2 rings (SSSR count). The normalized spacial score (nSPS) is 11.5. The van der Waals surface area contributed by atoms with Crippen LogP contribution in [0.1, 0.15) is 16.7 Å². The maximum absolute atomic E-state index is 13.2. The summed E-state index contributed by atoms with van der Waals surface area (Å²) >= 11 is 3.37. The average molecular weight is 362 g/mol. The van der Waals surface area contributed by atoms with Crippen molar-refractivity contribution in [2.24, 2.45) is 0 Å². The van der Waals surface area contributed by atoms with Crippen LogP contribution in [0.2, 0.25) is 0 Å². The molecule has 0 fully saturated rings. The van der Waals surface area contributed by atoms with Gasteiger partial charge in [0.05, 0.1) is 5.56 Å². The lowest BCUT2D eigenvalue weighted by molar-refractivity contribution is -0.140. The van der Waals surface area contributed by atoms with E-state index in [4.69, 9.17) is 0 Å². The molecule has 1 N–H and O–H groups in total. The number of anilines is 1. The summed E-state index contributed by atoms with van der Waals surface area (Å²) in [7, 11) is 0.